The zero-order chi connectivity index (χ0) is 10.3. The maximum atomic E-state index is 10.5. The lowest BCUT2D eigenvalue weighted by molar-refractivity contribution is -0.104. The van der Waals surface area contributed by atoms with Crippen molar-refractivity contribution in [2.75, 3.05) is 12.1 Å². The van der Waals surface area contributed by atoms with E-state index in [1.165, 1.54) is 11.8 Å². The number of allylic oxidation sites excluding steroid dienone is 1. The lowest BCUT2D eigenvalue weighted by atomic mass is 10.3. The molecular weight excluding hydrogens is 231 g/mol. The minimum Gasteiger partial charge on any atom is -0.298 e. The molecule has 0 bridgehead atoms. The van der Waals surface area contributed by atoms with Gasteiger partial charge in [0, 0.05) is 0 Å². The van der Waals surface area contributed by atoms with Gasteiger partial charge in [-0.3, -0.25) is 14.8 Å². The zero-order valence-corrected chi connectivity index (χ0v) is 9.29. The highest BCUT2D eigenvalue weighted by atomic mass is 35.5. The summed E-state index contributed by atoms with van der Waals surface area (Å²) in [4.78, 5) is 17.8. The molecule has 0 heterocycles. The summed E-state index contributed by atoms with van der Waals surface area (Å²) in [6, 6.07) is 0. The van der Waals surface area contributed by atoms with Gasteiger partial charge in [0.1, 0.15) is 10.3 Å². The molecule has 6 heteroatoms. The van der Waals surface area contributed by atoms with Crippen molar-refractivity contribution in [3.05, 3.63) is 10.7 Å². The van der Waals surface area contributed by atoms with Crippen LogP contribution >= 0.6 is 35.0 Å². The third-order valence-corrected chi connectivity index (χ3v) is 2.07. The van der Waals surface area contributed by atoms with Crippen molar-refractivity contribution >= 4 is 53.1 Å². The number of aliphatic imine (C=N–C) groups is 2. The molecule has 0 aromatic carbocycles. The van der Waals surface area contributed by atoms with E-state index in [0.29, 0.717) is 12.2 Å². The van der Waals surface area contributed by atoms with Gasteiger partial charge in [-0.1, -0.05) is 23.2 Å². The van der Waals surface area contributed by atoms with Gasteiger partial charge in [-0.15, -0.1) is 11.8 Å². The summed E-state index contributed by atoms with van der Waals surface area (Å²) in [5.41, 5.74) is 0.0624. The standard InChI is InChI=1S/C7H8Cl2N2OS/c1-10-6(8)5(3-12)7(9)11-4-13-2/h3H,1,4H2,2H3/b6-5-,11-7?. The van der Waals surface area contributed by atoms with Crippen LogP contribution in [0.15, 0.2) is 20.7 Å². The molecule has 0 unspecified atom stereocenters. The van der Waals surface area contributed by atoms with Crippen LogP contribution in [0.1, 0.15) is 0 Å². The van der Waals surface area contributed by atoms with E-state index in [1.54, 1.807) is 0 Å². The van der Waals surface area contributed by atoms with E-state index in [-0.39, 0.29) is 15.9 Å². The van der Waals surface area contributed by atoms with Gasteiger partial charge >= 0.3 is 0 Å². The number of hydrogen-bond acceptors (Lipinski definition) is 4. The molecule has 72 valence electrons. The summed E-state index contributed by atoms with van der Waals surface area (Å²) in [6.45, 7) is 3.17. The molecule has 13 heavy (non-hydrogen) atoms. The fourth-order valence-electron chi connectivity index (χ4n) is 0.474. The normalized spacial score (nSPS) is 13.6. The molecule has 0 saturated carbocycles. The van der Waals surface area contributed by atoms with Crippen molar-refractivity contribution in [2.24, 2.45) is 9.98 Å². The van der Waals surface area contributed by atoms with Crippen LogP contribution in [0.4, 0.5) is 0 Å². The summed E-state index contributed by atoms with van der Waals surface area (Å²) < 4.78 is 0. The van der Waals surface area contributed by atoms with Crippen LogP contribution in [0.3, 0.4) is 0 Å². The van der Waals surface area contributed by atoms with Crippen LogP contribution < -0.4 is 0 Å². The van der Waals surface area contributed by atoms with Gasteiger partial charge in [0.05, 0.1) is 11.4 Å². The molecule has 0 atom stereocenters. The first kappa shape index (κ1) is 12.7. The smallest absolute Gasteiger partial charge is 0.156 e. The molecule has 0 rings (SSSR count). The van der Waals surface area contributed by atoms with E-state index in [9.17, 15) is 4.79 Å². The molecular formula is C7H8Cl2N2OS. The predicted molar refractivity (Wildman–Crippen MR) is 60.2 cm³/mol. The van der Waals surface area contributed by atoms with E-state index >= 15 is 0 Å². The molecule has 0 radical (unpaired) electrons. The number of aldehydes is 1. The van der Waals surface area contributed by atoms with Gasteiger partial charge in [-0.05, 0) is 13.0 Å². The first-order valence-electron chi connectivity index (χ1n) is 3.18. The van der Waals surface area contributed by atoms with Gasteiger partial charge in [0.25, 0.3) is 0 Å². The lowest BCUT2D eigenvalue weighted by Crippen LogP contribution is -1.98. The Hall–Kier alpha value is -0.320. The number of nitrogens with zero attached hydrogens (tertiary/aromatic N) is 2. The Balaban J connectivity index is 4.78. The molecule has 0 aliphatic carbocycles. The highest BCUT2D eigenvalue weighted by Crippen LogP contribution is 2.13. The Morgan fingerprint density at radius 3 is 2.62 bits per heavy atom. The van der Waals surface area contributed by atoms with E-state index in [4.69, 9.17) is 23.2 Å². The average Bonchev–Trinajstić information content (AvgIpc) is 2.15. The quantitative estimate of drug-likeness (QED) is 0.319. The average molecular weight is 239 g/mol. The molecule has 0 spiro atoms. The summed E-state index contributed by atoms with van der Waals surface area (Å²) in [6.07, 6.45) is 2.37. The van der Waals surface area contributed by atoms with Gasteiger partial charge in [-0.25, -0.2) is 0 Å². The fourth-order valence-corrected chi connectivity index (χ4v) is 1.18. The highest BCUT2D eigenvalue weighted by Gasteiger charge is 2.07. The van der Waals surface area contributed by atoms with Crippen molar-refractivity contribution in [3.63, 3.8) is 0 Å². The monoisotopic (exact) mass is 238 g/mol. The van der Waals surface area contributed by atoms with E-state index in [0.717, 1.165) is 0 Å². The third kappa shape index (κ3) is 4.45. The minimum absolute atomic E-state index is 0.0372. The Morgan fingerprint density at radius 2 is 2.23 bits per heavy atom. The number of halogens is 2. The van der Waals surface area contributed by atoms with Crippen molar-refractivity contribution in [1.29, 1.82) is 0 Å². The van der Waals surface area contributed by atoms with Crippen LogP contribution in [0.2, 0.25) is 0 Å². The van der Waals surface area contributed by atoms with E-state index in [1.807, 2.05) is 6.26 Å². The topological polar surface area (TPSA) is 41.8 Å². The zero-order valence-electron chi connectivity index (χ0n) is 6.96. The molecule has 0 fully saturated rings. The van der Waals surface area contributed by atoms with Gasteiger partial charge in [0.2, 0.25) is 0 Å². The summed E-state index contributed by atoms with van der Waals surface area (Å²) in [5.74, 6) is 0.470. The number of thioether (sulfide) groups is 1. The summed E-state index contributed by atoms with van der Waals surface area (Å²) in [7, 11) is 0. The molecule has 0 aliphatic heterocycles. The third-order valence-electron chi connectivity index (χ3n) is 1.03. The number of carbonyl (C=O) groups excluding carboxylic acids is 1. The fraction of sp³-hybridized carbons (Fsp3) is 0.286. The second-order valence-corrected chi connectivity index (χ2v) is 3.40. The van der Waals surface area contributed by atoms with Crippen molar-refractivity contribution in [2.45, 2.75) is 0 Å². The van der Waals surface area contributed by atoms with Crippen LogP contribution in [0.5, 0.6) is 0 Å². The largest absolute Gasteiger partial charge is 0.298 e. The van der Waals surface area contributed by atoms with E-state index < -0.39 is 0 Å². The van der Waals surface area contributed by atoms with Gasteiger partial charge < -0.3 is 0 Å². The molecule has 0 saturated heterocycles. The van der Waals surface area contributed by atoms with Gasteiger partial charge in [-0.2, -0.15) is 0 Å². The van der Waals surface area contributed by atoms with Crippen molar-refractivity contribution in [3.8, 4) is 0 Å². The second-order valence-electron chi connectivity index (χ2n) is 1.85. The first-order valence-corrected chi connectivity index (χ1v) is 5.33. The Bertz CT molecular complexity index is 263. The highest BCUT2D eigenvalue weighted by molar-refractivity contribution is 7.98. The molecule has 0 N–H and O–H groups in total. The SMILES string of the molecule is C=N/C(Cl)=C(/C=O)C(Cl)=NCSC. The van der Waals surface area contributed by atoms with Crippen molar-refractivity contribution < 1.29 is 4.79 Å². The molecule has 0 amide bonds. The Kier molecular flexibility index (Phi) is 6.94. The lowest BCUT2D eigenvalue weighted by Gasteiger charge is -1.97. The maximum Gasteiger partial charge on any atom is 0.156 e. The molecule has 3 nitrogen and oxygen atoms in total. The first-order chi connectivity index (χ1) is 6.17. The van der Waals surface area contributed by atoms with E-state index in [2.05, 4.69) is 16.7 Å². The Labute approximate surface area is 90.9 Å². The van der Waals surface area contributed by atoms with Crippen LogP contribution in [-0.2, 0) is 4.79 Å². The van der Waals surface area contributed by atoms with Crippen LogP contribution in [0, 0.1) is 0 Å². The van der Waals surface area contributed by atoms with Crippen molar-refractivity contribution in [1.82, 2.24) is 0 Å². The summed E-state index contributed by atoms with van der Waals surface area (Å²) >= 11 is 12.7. The molecule has 0 aromatic rings. The molecule has 0 aliphatic rings. The second kappa shape index (κ2) is 7.12. The molecule has 0 aromatic heterocycles. The van der Waals surface area contributed by atoms with Crippen LogP contribution in [0.25, 0.3) is 0 Å². The van der Waals surface area contributed by atoms with Gasteiger partial charge in [0.15, 0.2) is 6.29 Å². The Morgan fingerprint density at radius 1 is 1.62 bits per heavy atom. The van der Waals surface area contributed by atoms with Crippen LogP contribution in [-0.4, -0.2) is 30.3 Å². The summed E-state index contributed by atoms with van der Waals surface area (Å²) in [5, 5.41) is 0.0200. The number of hydrogen-bond donors (Lipinski definition) is 0. The maximum absolute atomic E-state index is 10.5. The number of carbonyl (C=O) groups is 1. The predicted octanol–water partition coefficient (Wildman–Crippen LogP) is 2.29. The number of rotatable bonds is 5. The minimum atomic E-state index is -0.0372.